The van der Waals surface area contributed by atoms with Crippen LogP contribution in [0.4, 0.5) is 43.8 Å². The van der Waals surface area contributed by atoms with Gasteiger partial charge in [0.1, 0.15) is 10.7 Å². The number of nitrogens with zero attached hydrogens (tertiary/aromatic N) is 2. The second-order valence-corrected chi connectivity index (χ2v) is 9.83. The van der Waals surface area contributed by atoms with E-state index >= 15 is 0 Å². The van der Waals surface area contributed by atoms with Crippen LogP contribution in [0.1, 0.15) is 31.9 Å². The molecule has 16 heteroatoms. The van der Waals surface area contributed by atoms with Crippen LogP contribution in [-0.4, -0.2) is 35.1 Å². The standard InChI is InChI=1S/C17H18BrF6N5O3S/c1-7(15(2,3)30)27-13-11(18)6-26-14(29-13)28-8-4-9(16(19,20)21)12(33(25,31)32)10(5-8)17(22,23)24/h4-7,30H,1-3H3,(H2,25,31,32)(H2,26,27,28,29)/t7-/m1/s1. The number of primary sulfonamides is 1. The highest BCUT2D eigenvalue weighted by Gasteiger charge is 2.45. The Morgan fingerprint density at radius 3 is 1.97 bits per heavy atom. The lowest BCUT2D eigenvalue weighted by molar-refractivity contribution is -0.147. The molecular formula is C17H18BrF6N5O3S. The van der Waals surface area contributed by atoms with Crippen LogP contribution in [0.2, 0.25) is 0 Å². The number of alkyl halides is 6. The van der Waals surface area contributed by atoms with Gasteiger partial charge in [0.15, 0.2) is 0 Å². The molecule has 1 atom stereocenters. The van der Waals surface area contributed by atoms with Crippen LogP contribution in [0.3, 0.4) is 0 Å². The minimum absolute atomic E-state index is 0.0790. The molecule has 0 amide bonds. The first kappa shape index (κ1) is 27.1. The van der Waals surface area contributed by atoms with Crippen molar-refractivity contribution in [2.24, 2.45) is 5.14 Å². The van der Waals surface area contributed by atoms with E-state index in [0.717, 1.165) is 0 Å². The lowest BCUT2D eigenvalue weighted by atomic mass is 10.0. The quantitative estimate of drug-likeness (QED) is 0.385. The molecule has 0 aliphatic rings. The molecule has 1 aromatic carbocycles. The predicted molar refractivity (Wildman–Crippen MR) is 110 cm³/mol. The van der Waals surface area contributed by atoms with Crippen LogP contribution in [-0.2, 0) is 22.4 Å². The lowest BCUT2D eigenvalue weighted by Gasteiger charge is -2.27. The highest BCUT2D eigenvalue weighted by molar-refractivity contribution is 9.10. The Bertz CT molecular complexity index is 1110. The minimum Gasteiger partial charge on any atom is -0.388 e. The van der Waals surface area contributed by atoms with Crippen LogP contribution in [0.5, 0.6) is 0 Å². The third kappa shape index (κ3) is 6.68. The van der Waals surface area contributed by atoms with Crippen molar-refractivity contribution in [1.82, 2.24) is 9.97 Å². The summed E-state index contributed by atoms with van der Waals surface area (Å²) in [5.41, 5.74) is -6.20. The van der Waals surface area contributed by atoms with E-state index in [1.807, 2.05) is 0 Å². The third-order valence-electron chi connectivity index (χ3n) is 4.40. The van der Waals surface area contributed by atoms with Crippen LogP contribution in [0.15, 0.2) is 27.7 Å². The van der Waals surface area contributed by atoms with E-state index in [1.54, 1.807) is 6.92 Å². The molecule has 0 aliphatic heterocycles. The molecule has 0 saturated carbocycles. The number of nitrogens with one attached hydrogen (secondary N) is 2. The van der Waals surface area contributed by atoms with E-state index in [9.17, 15) is 39.9 Å². The summed E-state index contributed by atoms with van der Waals surface area (Å²) in [5, 5.41) is 19.7. The maximum atomic E-state index is 13.5. The summed E-state index contributed by atoms with van der Waals surface area (Å²) in [6, 6.07) is -0.251. The molecular weight excluding hydrogens is 548 g/mol. The zero-order valence-corrected chi connectivity index (χ0v) is 19.5. The maximum absolute atomic E-state index is 13.5. The SMILES string of the molecule is C[C@@H](Nc1nc(Nc2cc(C(F)(F)F)c(S(N)(=O)=O)c(C(F)(F)F)c2)ncc1Br)C(C)(C)O. The van der Waals surface area contributed by atoms with Gasteiger partial charge in [-0.25, -0.2) is 18.5 Å². The molecule has 0 saturated heterocycles. The van der Waals surface area contributed by atoms with Gasteiger partial charge in [0.05, 0.1) is 27.2 Å². The topological polar surface area (TPSA) is 130 Å². The van der Waals surface area contributed by atoms with Gasteiger partial charge >= 0.3 is 12.4 Å². The summed E-state index contributed by atoms with van der Waals surface area (Å²) in [7, 11) is -5.40. The zero-order chi connectivity index (χ0) is 25.6. The summed E-state index contributed by atoms with van der Waals surface area (Å²) >= 11 is 3.14. The minimum atomic E-state index is -5.48. The average Bonchev–Trinajstić information content (AvgIpc) is 2.60. The average molecular weight is 566 g/mol. The Labute approximate surface area is 192 Å². The Hall–Kier alpha value is -2.17. The highest BCUT2D eigenvalue weighted by Crippen LogP contribution is 2.43. The molecule has 33 heavy (non-hydrogen) atoms. The molecule has 1 heterocycles. The van der Waals surface area contributed by atoms with E-state index in [4.69, 9.17) is 0 Å². The fraction of sp³-hybridized carbons (Fsp3) is 0.412. The van der Waals surface area contributed by atoms with Crippen molar-refractivity contribution >= 4 is 43.4 Å². The lowest BCUT2D eigenvalue weighted by Crippen LogP contribution is -2.39. The van der Waals surface area contributed by atoms with E-state index in [1.165, 1.54) is 20.0 Å². The molecule has 184 valence electrons. The van der Waals surface area contributed by atoms with Crippen molar-refractivity contribution in [3.8, 4) is 0 Å². The van der Waals surface area contributed by atoms with E-state index in [-0.39, 0.29) is 18.0 Å². The molecule has 0 unspecified atom stereocenters. The number of anilines is 3. The number of hydrogen-bond acceptors (Lipinski definition) is 7. The summed E-state index contributed by atoms with van der Waals surface area (Å²) in [5.74, 6) is -0.330. The first-order chi connectivity index (χ1) is 14.7. The number of halogens is 7. The smallest absolute Gasteiger partial charge is 0.388 e. The van der Waals surface area contributed by atoms with Crippen molar-refractivity contribution < 1.29 is 39.9 Å². The van der Waals surface area contributed by atoms with Gasteiger partial charge in [0.25, 0.3) is 0 Å². The van der Waals surface area contributed by atoms with Crippen molar-refractivity contribution in [1.29, 1.82) is 0 Å². The van der Waals surface area contributed by atoms with Crippen LogP contribution in [0, 0.1) is 0 Å². The molecule has 2 rings (SSSR count). The Morgan fingerprint density at radius 2 is 1.58 bits per heavy atom. The van der Waals surface area contributed by atoms with Gasteiger partial charge in [-0.1, -0.05) is 0 Å². The molecule has 0 bridgehead atoms. The summed E-state index contributed by atoms with van der Waals surface area (Å²) in [4.78, 5) is 5.67. The molecule has 1 aromatic heterocycles. The first-order valence-electron chi connectivity index (χ1n) is 8.85. The molecule has 0 radical (unpaired) electrons. The van der Waals surface area contributed by atoms with Crippen LogP contribution >= 0.6 is 15.9 Å². The third-order valence-corrected chi connectivity index (χ3v) is 5.99. The van der Waals surface area contributed by atoms with Gasteiger partial charge in [0, 0.05) is 11.9 Å². The fourth-order valence-corrected chi connectivity index (χ4v) is 3.74. The normalized spacial score (nSPS) is 14.2. The van der Waals surface area contributed by atoms with E-state index in [0.29, 0.717) is 4.47 Å². The number of nitrogens with two attached hydrogens (primary N) is 1. The van der Waals surface area contributed by atoms with Gasteiger partial charge in [-0.05, 0) is 48.8 Å². The first-order valence-corrected chi connectivity index (χ1v) is 11.2. The molecule has 0 spiro atoms. The monoisotopic (exact) mass is 565 g/mol. The molecule has 0 fully saturated rings. The molecule has 2 aromatic rings. The number of sulfonamides is 1. The van der Waals surface area contributed by atoms with Crippen LogP contribution in [0.25, 0.3) is 0 Å². The molecule has 5 N–H and O–H groups in total. The summed E-state index contributed by atoms with van der Waals surface area (Å²) in [6.45, 7) is 4.62. The van der Waals surface area contributed by atoms with Gasteiger partial charge in [-0.3, -0.25) is 0 Å². The van der Waals surface area contributed by atoms with Gasteiger partial charge in [-0.2, -0.15) is 31.3 Å². The van der Waals surface area contributed by atoms with Gasteiger partial charge in [0.2, 0.25) is 16.0 Å². The Kier molecular flexibility index (Phi) is 7.29. The fourth-order valence-electron chi connectivity index (χ4n) is 2.47. The summed E-state index contributed by atoms with van der Waals surface area (Å²) < 4.78 is 104. The van der Waals surface area contributed by atoms with Gasteiger partial charge < -0.3 is 15.7 Å². The summed E-state index contributed by atoms with van der Waals surface area (Å²) in [6.07, 6.45) is -9.79. The van der Waals surface area contributed by atoms with Crippen molar-refractivity contribution in [3.05, 3.63) is 33.9 Å². The highest BCUT2D eigenvalue weighted by atomic mass is 79.9. The van der Waals surface area contributed by atoms with Gasteiger partial charge in [-0.15, -0.1) is 0 Å². The largest absolute Gasteiger partial charge is 0.417 e. The van der Waals surface area contributed by atoms with Crippen molar-refractivity contribution in [3.63, 3.8) is 0 Å². The second-order valence-electron chi connectivity index (χ2n) is 7.48. The number of hydrogen-bond donors (Lipinski definition) is 4. The number of benzene rings is 1. The van der Waals surface area contributed by atoms with Crippen molar-refractivity contribution in [2.45, 2.75) is 49.7 Å². The van der Waals surface area contributed by atoms with E-state index < -0.39 is 61.7 Å². The van der Waals surface area contributed by atoms with Crippen molar-refractivity contribution in [2.75, 3.05) is 10.6 Å². The molecule has 8 nitrogen and oxygen atoms in total. The maximum Gasteiger partial charge on any atom is 0.417 e. The number of aromatic nitrogens is 2. The molecule has 0 aliphatic carbocycles. The number of aliphatic hydroxyl groups is 1. The zero-order valence-electron chi connectivity index (χ0n) is 17.1. The Morgan fingerprint density at radius 1 is 1.09 bits per heavy atom. The predicted octanol–water partition coefficient (Wildman–Crippen LogP) is 4.24. The van der Waals surface area contributed by atoms with Crippen LogP contribution < -0.4 is 15.8 Å². The van der Waals surface area contributed by atoms with E-state index in [2.05, 4.69) is 41.7 Å². The second kappa shape index (κ2) is 8.88. The Balaban J connectivity index is 2.62. The number of rotatable bonds is 6.